The van der Waals surface area contributed by atoms with Crippen LogP contribution >= 0.6 is 11.3 Å². The molecule has 0 aliphatic carbocycles. The number of hydrogen-bond donors (Lipinski definition) is 2. The predicted molar refractivity (Wildman–Crippen MR) is 101 cm³/mol. The van der Waals surface area contributed by atoms with Crippen molar-refractivity contribution < 1.29 is 4.74 Å². The Bertz CT molecular complexity index is 849. The molecule has 1 aromatic carbocycles. The first-order chi connectivity index (χ1) is 11.4. The van der Waals surface area contributed by atoms with Gasteiger partial charge in [-0.25, -0.2) is 0 Å². The topological polar surface area (TPSA) is 72.5 Å². The Hall–Kier alpha value is -2.47. The first-order valence-corrected chi connectivity index (χ1v) is 8.47. The van der Waals surface area contributed by atoms with E-state index in [2.05, 4.69) is 13.8 Å². The van der Waals surface area contributed by atoms with Gasteiger partial charge in [0.2, 0.25) is 0 Å². The van der Waals surface area contributed by atoms with Gasteiger partial charge in [0.15, 0.2) is 0 Å². The number of benzene rings is 1. The number of thiophene rings is 1. The molecule has 2 aromatic rings. The molecule has 0 saturated heterocycles. The average Bonchev–Trinajstić information content (AvgIpc) is 2.75. The van der Waals surface area contributed by atoms with Gasteiger partial charge in [0.1, 0.15) is 22.4 Å². The minimum atomic E-state index is 0.261. The zero-order valence-electron chi connectivity index (χ0n) is 14.2. The molecule has 0 fully saturated rings. The van der Waals surface area contributed by atoms with Crippen LogP contribution in [-0.2, 0) is 0 Å². The van der Waals surface area contributed by atoms with E-state index >= 15 is 0 Å². The van der Waals surface area contributed by atoms with Crippen LogP contribution in [0.1, 0.15) is 28.5 Å². The van der Waals surface area contributed by atoms with Crippen molar-refractivity contribution in [3.05, 3.63) is 45.8 Å². The van der Waals surface area contributed by atoms with Gasteiger partial charge in [-0.2, -0.15) is 0 Å². The lowest BCUT2D eigenvalue weighted by Crippen LogP contribution is -2.35. The fourth-order valence-corrected chi connectivity index (χ4v) is 4.05. The zero-order chi connectivity index (χ0) is 17.4. The van der Waals surface area contributed by atoms with Crippen molar-refractivity contribution in [1.29, 1.82) is 10.8 Å². The molecular formula is C18H20N4OS. The monoisotopic (exact) mass is 340 g/mol. The summed E-state index contributed by atoms with van der Waals surface area (Å²) < 4.78 is 5.24. The van der Waals surface area contributed by atoms with Gasteiger partial charge >= 0.3 is 0 Å². The molecule has 0 unspecified atom stereocenters. The normalized spacial score (nSPS) is 14.1. The number of amidine groups is 2. The van der Waals surface area contributed by atoms with Crippen molar-refractivity contribution in [3.8, 4) is 5.75 Å². The number of fused-ring (bicyclic) bond motifs is 1. The van der Waals surface area contributed by atoms with Crippen molar-refractivity contribution in [3.63, 3.8) is 0 Å². The molecule has 2 heterocycles. The molecule has 0 amide bonds. The summed E-state index contributed by atoms with van der Waals surface area (Å²) in [5.41, 5.74) is 4.06. The summed E-state index contributed by atoms with van der Waals surface area (Å²) in [7, 11) is 1.65. The molecule has 24 heavy (non-hydrogen) atoms. The Morgan fingerprint density at radius 2 is 1.92 bits per heavy atom. The van der Waals surface area contributed by atoms with Crippen molar-refractivity contribution in [2.45, 2.75) is 20.8 Å². The van der Waals surface area contributed by atoms with Crippen LogP contribution in [0.3, 0.4) is 0 Å². The highest BCUT2D eigenvalue weighted by molar-refractivity contribution is 7.17. The van der Waals surface area contributed by atoms with E-state index in [1.807, 2.05) is 24.3 Å². The molecule has 1 aliphatic heterocycles. The third kappa shape index (κ3) is 2.63. The quantitative estimate of drug-likeness (QED) is 0.640. The van der Waals surface area contributed by atoms with Gasteiger partial charge in [0, 0.05) is 16.0 Å². The molecular weight excluding hydrogens is 320 g/mol. The van der Waals surface area contributed by atoms with Crippen LogP contribution in [0.15, 0.2) is 29.3 Å². The standard InChI is InChI=1S/C18H20N4OS/c1-10-11(2)24-18-16(10)17(13-5-7-14(23-4)8-6-13)21-9-15(20)22(18)12(3)19/h5-8,19-20H,9H2,1-4H3. The summed E-state index contributed by atoms with van der Waals surface area (Å²) in [6, 6.07) is 7.82. The maximum atomic E-state index is 8.31. The van der Waals surface area contributed by atoms with Gasteiger partial charge in [0.25, 0.3) is 0 Å². The number of rotatable bonds is 2. The second kappa shape index (κ2) is 6.20. The highest BCUT2D eigenvalue weighted by Crippen LogP contribution is 2.39. The fraction of sp³-hybridized carbons (Fsp3) is 0.278. The number of aliphatic imine (C=N–C) groups is 1. The van der Waals surface area contributed by atoms with Crippen molar-refractivity contribution in [1.82, 2.24) is 0 Å². The number of aryl methyl sites for hydroxylation is 1. The molecule has 1 aromatic heterocycles. The number of hydrogen-bond acceptors (Lipinski definition) is 5. The SMILES string of the molecule is COc1ccc(C2=NCC(=N)N(C(C)=N)c3sc(C)c(C)c32)cc1. The summed E-state index contributed by atoms with van der Waals surface area (Å²) in [4.78, 5) is 7.57. The van der Waals surface area contributed by atoms with Crippen LogP contribution in [0, 0.1) is 24.7 Å². The third-order valence-electron chi connectivity index (χ3n) is 4.16. The Morgan fingerprint density at radius 3 is 2.50 bits per heavy atom. The molecule has 6 heteroatoms. The smallest absolute Gasteiger partial charge is 0.129 e. The van der Waals surface area contributed by atoms with E-state index in [-0.39, 0.29) is 6.54 Å². The largest absolute Gasteiger partial charge is 0.497 e. The average molecular weight is 340 g/mol. The minimum absolute atomic E-state index is 0.261. The van der Waals surface area contributed by atoms with E-state index in [4.69, 9.17) is 20.5 Å². The molecule has 3 rings (SSSR count). The molecule has 5 nitrogen and oxygen atoms in total. The van der Waals surface area contributed by atoms with Crippen LogP contribution < -0.4 is 9.64 Å². The molecule has 0 bridgehead atoms. The lowest BCUT2D eigenvalue weighted by Gasteiger charge is -2.21. The van der Waals surface area contributed by atoms with Gasteiger partial charge in [-0.1, -0.05) is 0 Å². The van der Waals surface area contributed by atoms with Crippen molar-refractivity contribution in [2.75, 3.05) is 18.6 Å². The second-order valence-electron chi connectivity index (χ2n) is 5.72. The molecule has 2 N–H and O–H groups in total. The first kappa shape index (κ1) is 16.4. The number of ether oxygens (including phenoxy) is 1. The highest BCUT2D eigenvalue weighted by Gasteiger charge is 2.28. The molecule has 124 valence electrons. The van der Waals surface area contributed by atoms with Gasteiger partial charge < -0.3 is 4.74 Å². The zero-order valence-corrected chi connectivity index (χ0v) is 15.0. The fourth-order valence-electron chi connectivity index (χ4n) is 2.81. The van der Waals surface area contributed by atoms with Gasteiger partial charge in [-0.05, 0) is 50.6 Å². The highest BCUT2D eigenvalue weighted by atomic mass is 32.1. The number of anilines is 1. The minimum Gasteiger partial charge on any atom is -0.497 e. The maximum Gasteiger partial charge on any atom is 0.129 e. The first-order valence-electron chi connectivity index (χ1n) is 7.66. The van der Waals surface area contributed by atoms with Crippen molar-refractivity contribution >= 4 is 33.7 Å². The Labute approximate surface area is 145 Å². The summed E-state index contributed by atoms with van der Waals surface area (Å²) in [6.45, 7) is 6.12. The van der Waals surface area contributed by atoms with E-state index in [9.17, 15) is 0 Å². The molecule has 0 atom stereocenters. The summed E-state index contributed by atoms with van der Waals surface area (Å²) in [6.07, 6.45) is 0. The van der Waals surface area contributed by atoms with Crippen LogP contribution in [0.2, 0.25) is 0 Å². The lowest BCUT2D eigenvalue weighted by molar-refractivity contribution is 0.415. The number of nitrogens with one attached hydrogen (secondary N) is 2. The molecule has 0 radical (unpaired) electrons. The van der Waals surface area contributed by atoms with Crippen molar-refractivity contribution in [2.24, 2.45) is 4.99 Å². The van der Waals surface area contributed by atoms with E-state index in [0.717, 1.165) is 33.2 Å². The Balaban J connectivity index is 2.21. The lowest BCUT2D eigenvalue weighted by atomic mass is 10.00. The number of methoxy groups -OCH3 is 1. The van der Waals surface area contributed by atoms with E-state index in [1.54, 1.807) is 30.3 Å². The van der Waals surface area contributed by atoms with Crippen LogP contribution in [-0.4, -0.2) is 31.0 Å². The van der Waals surface area contributed by atoms with Gasteiger partial charge in [-0.3, -0.25) is 20.7 Å². The van der Waals surface area contributed by atoms with Gasteiger partial charge in [0.05, 0.1) is 19.4 Å². The Morgan fingerprint density at radius 1 is 1.25 bits per heavy atom. The predicted octanol–water partition coefficient (Wildman–Crippen LogP) is 4.01. The summed E-state index contributed by atoms with van der Waals surface area (Å²) in [5, 5.41) is 17.3. The Kier molecular flexibility index (Phi) is 4.24. The maximum absolute atomic E-state index is 8.31. The molecule has 0 spiro atoms. The summed E-state index contributed by atoms with van der Waals surface area (Å²) in [5.74, 6) is 1.47. The molecule has 0 saturated carbocycles. The third-order valence-corrected chi connectivity index (χ3v) is 5.35. The number of nitrogens with zero attached hydrogens (tertiary/aromatic N) is 2. The summed E-state index contributed by atoms with van der Waals surface area (Å²) >= 11 is 1.62. The van der Waals surface area contributed by atoms with E-state index in [1.165, 1.54) is 4.88 Å². The van der Waals surface area contributed by atoms with Gasteiger partial charge in [-0.15, -0.1) is 11.3 Å². The van der Waals surface area contributed by atoms with E-state index in [0.29, 0.717) is 11.7 Å². The van der Waals surface area contributed by atoms with Crippen LogP contribution in [0.4, 0.5) is 5.00 Å². The van der Waals surface area contributed by atoms with Crippen LogP contribution in [0.25, 0.3) is 0 Å². The molecule has 1 aliphatic rings. The van der Waals surface area contributed by atoms with E-state index < -0.39 is 0 Å². The second-order valence-corrected chi connectivity index (χ2v) is 6.93. The van der Waals surface area contributed by atoms with Crippen LogP contribution in [0.5, 0.6) is 5.75 Å².